The topological polar surface area (TPSA) is 75.8 Å². The van der Waals surface area contributed by atoms with Crippen molar-refractivity contribution < 1.29 is 4.74 Å². The minimum Gasteiger partial charge on any atom is -0.378 e. The van der Waals surface area contributed by atoms with E-state index >= 15 is 0 Å². The molecule has 3 rings (SSSR count). The van der Waals surface area contributed by atoms with Gasteiger partial charge in [-0.1, -0.05) is 18.9 Å². The van der Waals surface area contributed by atoms with Crippen molar-refractivity contribution in [1.82, 2.24) is 10.3 Å². The van der Waals surface area contributed by atoms with Crippen LogP contribution in [0.2, 0.25) is 0 Å². The Balaban J connectivity index is 1.57. The molecule has 2 fully saturated rings. The highest BCUT2D eigenvalue weighted by molar-refractivity contribution is 5.78. The van der Waals surface area contributed by atoms with E-state index in [1.165, 1.54) is 25.7 Å². The van der Waals surface area contributed by atoms with Crippen molar-refractivity contribution in [3.63, 3.8) is 0 Å². The average Bonchev–Trinajstić information content (AvgIpc) is 3.07. The van der Waals surface area contributed by atoms with Crippen LogP contribution in [-0.4, -0.2) is 43.3 Å². The van der Waals surface area contributed by atoms with Crippen LogP contribution in [0.3, 0.4) is 0 Å². The Labute approximate surface area is 131 Å². The average molecular weight is 303 g/mol. The molecule has 1 aromatic rings. The molecule has 22 heavy (non-hydrogen) atoms. The van der Waals surface area contributed by atoms with Crippen LogP contribution in [0.1, 0.15) is 31.4 Å². The van der Waals surface area contributed by atoms with E-state index in [4.69, 9.17) is 10.5 Å². The lowest BCUT2D eigenvalue weighted by molar-refractivity contribution is 0.122. The van der Waals surface area contributed by atoms with Crippen LogP contribution in [0, 0.1) is 0 Å². The van der Waals surface area contributed by atoms with Crippen molar-refractivity contribution in [1.29, 1.82) is 0 Å². The Hall–Kier alpha value is -1.82. The smallest absolute Gasteiger partial charge is 0.189 e. The van der Waals surface area contributed by atoms with Gasteiger partial charge in [-0.2, -0.15) is 0 Å². The van der Waals surface area contributed by atoms with Crippen LogP contribution in [0.5, 0.6) is 0 Å². The molecule has 6 nitrogen and oxygen atoms in total. The lowest BCUT2D eigenvalue weighted by atomic mass is 10.2. The summed E-state index contributed by atoms with van der Waals surface area (Å²) in [5.41, 5.74) is 6.91. The number of hydrogen-bond donors (Lipinski definition) is 2. The number of pyridine rings is 1. The maximum atomic E-state index is 5.97. The van der Waals surface area contributed by atoms with Gasteiger partial charge in [0.15, 0.2) is 5.96 Å². The van der Waals surface area contributed by atoms with Gasteiger partial charge < -0.3 is 20.7 Å². The Bertz CT molecular complexity index is 507. The van der Waals surface area contributed by atoms with Crippen molar-refractivity contribution in [2.24, 2.45) is 10.7 Å². The second-order valence-corrected chi connectivity index (χ2v) is 5.91. The SMILES string of the molecule is NC(=NCc1cccc(N2CCOCC2)n1)NC1CCCC1. The van der Waals surface area contributed by atoms with Crippen molar-refractivity contribution in [3.05, 3.63) is 23.9 Å². The number of guanidine groups is 1. The first kappa shape index (κ1) is 15.1. The number of nitrogens with one attached hydrogen (secondary N) is 1. The predicted octanol–water partition coefficient (Wildman–Crippen LogP) is 1.27. The zero-order valence-corrected chi connectivity index (χ0v) is 13.0. The highest BCUT2D eigenvalue weighted by atomic mass is 16.5. The Kier molecular flexibility index (Phi) is 5.11. The summed E-state index contributed by atoms with van der Waals surface area (Å²) >= 11 is 0. The van der Waals surface area contributed by atoms with Gasteiger partial charge in [0.05, 0.1) is 25.5 Å². The van der Waals surface area contributed by atoms with Crippen LogP contribution in [-0.2, 0) is 11.3 Å². The number of nitrogens with zero attached hydrogens (tertiary/aromatic N) is 3. The molecule has 0 radical (unpaired) electrons. The van der Waals surface area contributed by atoms with Crippen molar-refractivity contribution in [3.8, 4) is 0 Å². The third-order valence-electron chi connectivity index (χ3n) is 4.25. The van der Waals surface area contributed by atoms with E-state index in [0.717, 1.165) is 37.8 Å². The molecule has 2 aliphatic rings. The van der Waals surface area contributed by atoms with E-state index in [1.807, 2.05) is 18.2 Å². The summed E-state index contributed by atoms with van der Waals surface area (Å²) in [5, 5.41) is 3.30. The first-order chi connectivity index (χ1) is 10.8. The second-order valence-electron chi connectivity index (χ2n) is 5.91. The zero-order chi connectivity index (χ0) is 15.2. The molecule has 0 spiro atoms. The molecule has 120 valence electrons. The van der Waals surface area contributed by atoms with Gasteiger partial charge in [-0.25, -0.2) is 9.98 Å². The van der Waals surface area contributed by atoms with Crippen molar-refractivity contribution >= 4 is 11.8 Å². The summed E-state index contributed by atoms with van der Waals surface area (Å²) in [6.45, 7) is 3.84. The van der Waals surface area contributed by atoms with Crippen LogP contribution in [0.15, 0.2) is 23.2 Å². The number of aliphatic imine (C=N–C) groups is 1. The summed E-state index contributed by atoms with van der Waals surface area (Å²) in [7, 11) is 0. The van der Waals surface area contributed by atoms with E-state index in [0.29, 0.717) is 18.5 Å². The number of aromatic nitrogens is 1. The Morgan fingerprint density at radius 1 is 1.32 bits per heavy atom. The third kappa shape index (κ3) is 4.10. The fourth-order valence-corrected chi connectivity index (χ4v) is 3.01. The largest absolute Gasteiger partial charge is 0.378 e. The van der Waals surface area contributed by atoms with Crippen LogP contribution in [0.4, 0.5) is 5.82 Å². The van der Waals surface area contributed by atoms with Gasteiger partial charge >= 0.3 is 0 Å². The van der Waals surface area contributed by atoms with Crippen molar-refractivity contribution in [2.45, 2.75) is 38.3 Å². The molecule has 6 heteroatoms. The monoisotopic (exact) mass is 303 g/mol. The maximum Gasteiger partial charge on any atom is 0.189 e. The molecule has 0 unspecified atom stereocenters. The molecule has 3 N–H and O–H groups in total. The lowest BCUT2D eigenvalue weighted by Gasteiger charge is -2.27. The van der Waals surface area contributed by atoms with Gasteiger partial charge in [0.25, 0.3) is 0 Å². The van der Waals surface area contributed by atoms with Crippen LogP contribution >= 0.6 is 0 Å². The summed E-state index contributed by atoms with van der Waals surface area (Å²) in [6, 6.07) is 6.56. The van der Waals surface area contributed by atoms with Gasteiger partial charge in [0.1, 0.15) is 5.82 Å². The lowest BCUT2D eigenvalue weighted by Crippen LogP contribution is -2.38. The Morgan fingerprint density at radius 3 is 2.86 bits per heavy atom. The van der Waals surface area contributed by atoms with Crippen LogP contribution < -0.4 is 16.0 Å². The minimum atomic E-state index is 0.497. The number of ether oxygens (including phenoxy) is 1. The molecule has 1 saturated carbocycles. The van der Waals surface area contributed by atoms with Crippen LogP contribution in [0.25, 0.3) is 0 Å². The summed E-state index contributed by atoms with van der Waals surface area (Å²) < 4.78 is 5.38. The molecule has 1 saturated heterocycles. The molecule has 0 aromatic carbocycles. The summed E-state index contributed by atoms with van der Waals surface area (Å²) in [5.74, 6) is 1.53. The van der Waals surface area contributed by atoms with Crippen molar-refractivity contribution in [2.75, 3.05) is 31.2 Å². The van der Waals surface area contributed by atoms with E-state index < -0.39 is 0 Å². The number of anilines is 1. The number of hydrogen-bond acceptors (Lipinski definition) is 4. The van der Waals surface area contributed by atoms with E-state index in [2.05, 4.69) is 20.2 Å². The summed E-state index contributed by atoms with van der Waals surface area (Å²) in [4.78, 5) is 11.3. The van der Waals surface area contributed by atoms with Gasteiger partial charge in [-0.05, 0) is 25.0 Å². The second kappa shape index (κ2) is 7.45. The fourth-order valence-electron chi connectivity index (χ4n) is 3.01. The highest BCUT2D eigenvalue weighted by Crippen LogP contribution is 2.17. The van der Waals surface area contributed by atoms with E-state index in [-0.39, 0.29) is 0 Å². The van der Waals surface area contributed by atoms with E-state index in [9.17, 15) is 0 Å². The quantitative estimate of drug-likeness (QED) is 0.647. The number of nitrogens with two attached hydrogens (primary N) is 1. The predicted molar refractivity (Wildman–Crippen MR) is 88.0 cm³/mol. The number of morpholine rings is 1. The summed E-state index contributed by atoms with van der Waals surface area (Å²) in [6.07, 6.45) is 4.96. The standard InChI is InChI=1S/C16H25N5O/c17-16(20-13-4-1-2-5-13)18-12-14-6-3-7-15(19-14)21-8-10-22-11-9-21/h3,6-7,13H,1-2,4-5,8-12H2,(H3,17,18,20). The van der Waals surface area contributed by atoms with Gasteiger partial charge in [-0.15, -0.1) is 0 Å². The molecule has 0 bridgehead atoms. The van der Waals surface area contributed by atoms with Gasteiger partial charge in [0, 0.05) is 19.1 Å². The van der Waals surface area contributed by atoms with Gasteiger partial charge in [-0.3, -0.25) is 0 Å². The zero-order valence-electron chi connectivity index (χ0n) is 13.0. The maximum absolute atomic E-state index is 5.97. The van der Waals surface area contributed by atoms with E-state index in [1.54, 1.807) is 0 Å². The molecule has 1 aliphatic carbocycles. The molecular weight excluding hydrogens is 278 g/mol. The molecule has 1 aromatic heterocycles. The molecular formula is C16H25N5O. The fraction of sp³-hybridized carbons (Fsp3) is 0.625. The first-order valence-corrected chi connectivity index (χ1v) is 8.16. The highest BCUT2D eigenvalue weighted by Gasteiger charge is 2.15. The molecule has 0 atom stereocenters. The molecule has 1 aliphatic heterocycles. The Morgan fingerprint density at radius 2 is 2.09 bits per heavy atom. The van der Waals surface area contributed by atoms with Gasteiger partial charge in [0.2, 0.25) is 0 Å². The first-order valence-electron chi connectivity index (χ1n) is 8.16. The molecule has 2 heterocycles. The normalized spacial score (nSPS) is 20.4. The molecule has 0 amide bonds. The number of rotatable bonds is 4. The third-order valence-corrected chi connectivity index (χ3v) is 4.25. The minimum absolute atomic E-state index is 0.497.